The minimum absolute atomic E-state index is 0.704. The van der Waals surface area contributed by atoms with Crippen LogP contribution in [0.25, 0.3) is 0 Å². The number of aromatic nitrogens is 4. The number of hydrogen-bond donors (Lipinski definition) is 0. The second-order valence-electron chi connectivity index (χ2n) is 3.24. The number of nitrogens with zero attached hydrogens (tertiary/aromatic N) is 4. The maximum absolute atomic E-state index is 5.91. The van der Waals surface area contributed by atoms with Crippen molar-refractivity contribution in [3.8, 4) is 0 Å². The van der Waals surface area contributed by atoms with Crippen molar-refractivity contribution in [2.45, 2.75) is 13.0 Å². The molecule has 0 radical (unpaired) electrons. The van der Waals surface area contributed by atoms with Gasteiger partial charge in [-0.3, -0.25) is 4.68 Å². The Morgan fingerprint density at radius 2 is 2.33 bits per heavy atom. The quantitative estimate of drug-likeness (QED) is 0.805. The zero-order valence-electron chi connectivity index (χ0n) is 8.19. The van der Waals surface area contributed by atoms with Gasteiger partial charge in [0.2, 0.25) is 0 Å². The fourth-order valence-electron chi connectivity index (χ4n) is 1.34. The topological polar surface area (TPSA) is 35.6 Å². The summed E-state index contributed by atoms with van der Waals surface area (Å²) >= 11 is 8.03. The highest BCUT2D eigenvalue weighted by Crippen LogP contribution is 2.15. The Morgan fingerprint density at radius 3 is 2.87 bits per heavy atom. The number of halogens is 2. The molecule has 0 aromatic carbocycles. The summed E-state index contributed by atoms with van der Waals surface area (Å²) in [6.07, 6.45) is 6.44. The molecule has 6 heteroatoms. The van der Waals surface area contributed by atoms with Gasteiger partial charge in [0.1, 0.15) is 9.53 Å². The van der Waals surface area contributed by atoms with Crippen LogP contribution in [0, 0.1) is 3.70 Å². The van der Waals surface area contributed by atoms with E-state index in [0.29, 0.717) is 5.02 Å². The standard InChI is InChI=1S/C9H10ClIN4/c1-14-5-3-12-8(14)2-4-15-6-7(10)9(11)13-15/h3,5-6H,2,4H2,1H3. The summed E-state index contributed by atoms with van der Waals surface area (Å²) in [5, 5.41) is 4.98. The van der Waals surface area contributed by atoms with Crippen LogP contribution in [0.3, 0.4) is 0 Å². The molecule has 0 aliphatic rings. The third-order valence-electron chi connectivity index (χ3n) is 2.16. The number of rotatable bonds is 3. The van der Waals surface area contributed by atoms with Crippen LogP contribution in [0.15, 0.2) is 18.6 Å². The van der Waals surface area contributed by atoms with Gasteiger partial charge in [0.15, 0.2) is 0 Å². The van der Waals surface area contributed by atoms with Gasteiger partial charge in [0.05, 0.1) is 5.02 Å². The van der Waals surface area contributed by atoms with Gasteiger partial charge in [0, 0.05) is 38.6 Å². The second-order valence-corrected chi connectivity index (χ2v) is 4.66. The van der Waals surface area contributed by atoms with Crippen molar-refractivity contribution >= 4 is 34.2 Å². The van der Waals surface area contributed by atoms with Crippen LogP contribution in [0.4, 0.5) is 0 Å². The Balaban J connectivity index is 2.02. The SMILES string of the molecule is Cn1ccnc1CCn1cc(Cl)c(I)n1. The monoisotopic (exact) mass is 336 g/mol. The highest BCUT2D eigenvalue weighted by atomic mass is 127. The first-order valence-corrected chi connectivity index (χ1v) is 5.97. The molecule has 0 aliphatic heterocycles. The average Bonchev–Trinajstić information content (AvgIpc) is 2.72. The van der Waals surface area contributed by atoms with Gasteiger partial charge in [-0.2, -0.15) is 5.10 Å². The second kappa shape index (κ2) is 4.52. The Labute approximate surface area is 106 Å². The average molecular weight is 337 g/mol. The van der Waals surface area contributed by atoms with Crippen molar-refractivity contribution in [1.29, 1.82) is 0 Å². The van der Waals surface area contributed by atoms with Crippen molar-refractivity contribution in [2.24, 2.45) is 7.05 Å². The van der Waals surface area contributed by atoms with Gasteiger partial charge in [-0.1, -0.05) is 11.6 Å². The van der Waals surface area contributed by atoms with Crippen molar-refractivity contribution < 1.29 is 0 Å². The van der Waals surface area contributed by atoms with E-state index in [1.54, 1.807) is 6.20 Å². The van der Waals surface area contributed by atoms with E-state index in [2.05, 4.69) is 32.7 Å². The molecule has 0 N–H and O–H groups in total. The zero-order valence-corrected chi connectivity index (χ0v) is 11.1. The number of imidazole rings is 1. The van der Waals surface area contributed by atoms with E-state index in [4.69, 9.17) is 11.6 Å². The molecule has 2 aromatic rings. The molecule has 15 heavy (non-hydrogen) atoms. The van der Waals surface area contributed by atoms with Gasteiger partial charge >= 0.3 is 0 Å². The lowest BCUT2D eigenvalue weighted by Gasteiger charge is -2.01. The molecular weight excluding hydrogens is 326 g/mol. The van der Waals surface area contributed by atoms with Gasteiger partial charge in [-0.05, 0) is 22.6 Å². The summed E-state index contributed by atoms with van der Waals surface area (Å²) in [7, 11) is 1.99. The first-order chi connectivity index (χ1) is 7.16. The van der Waals surface area contributed by atoms with Crippen LogP contribution >= 0.6 is 34.2 Å². The first-order valence-electron chi connectivity index (χ1n) is 4.51. The summed E-state index contributed by atoms with van der Waals surface area (Å²) in [6, 6.07) is 0. The molecule has 0 unspecified atom stereocenters. The fourth-order valence-corrected chi connectivity index (χ4v) is 1.91. The molecule has 2 heterocycles. The van der Waals surface area contributed by atoms with Crippen molar-refractivity contribution in [3.05, 3.63) is 33.1 Å². The summed E-state index contributed by atoms with van der Waals surface area (Å²) in [6.45, 7) is 0.799. The van der Waals surface area contributed by atoms with Crippen LogP contribution in [0.5, 0.6) is 0 Å². The van der Waals surface area contributed by atoms with Gasteiger partial charge in [0.25, 0.3) is 0 Å². The fraction of sp³-hybridized carbons (Fsp3) is 0.333. The van der Waals surface area contributed by atoms with E-state index in [1.807, 2.05) is 28.7 Å². The highest BCUT2D eigenvalue weighted by molar-refractivity contribution is 14.1. The molecule has 80 valence electrons. The van der Waals surface area contributed by atoms with Crippen molar-refractivity contribution in [3.63, 3.8) is 0 Å². The number of aryl methyl sites for hydroxylation is 3. The maximum Gasteiger partial charge on any atom is 0.141 e. The molecule has 0 fully saturated rings. The molecule has 0 bridgehead atoms. The van der Waals surface area contributed by atoms with E-state index in [-0.39, 0.29) is 0 Å². The van der Waals surface area contributed by atoms with E-state index >= 15 is 0 Å². The largest absolute Gasteiger partial charge is 0.338 e. The third-order valence-corrected chi connectivity index (χ3v) is 3.55. The van der Waals surface area contributed by atoms with Crippen LogP contribution in [0.1, 0.15) is 5.82 Å². The molecule has 0 atom stereocenters. The summed E-state index contributed by atoms with van der Waals surface area (Å²) in [5.41, 5.74) is 0. The summed E-state index contributed by atoms with van der Waals surface area (Å²) in [5.74, 6) is 1.05. The molecule has 2 rings (SSSR count). The van der Waals surface area contributed by atoms with Gasteiger partial charge in [-0.15, -0.1) is 0 Å². The van der Waals surface area contributed by atoms with Gasteiger partial charge in [-0.25, -0.2) is 4.98 Å². The molecular formula is C9H10ClIN4. The molecule has 0 aliphatic carbocycles. The Bertz CT molecular complexity index is 443. The highest BCUT2D eigenvalue weighted by Gasteiger charge is 2.04. The predicted octanol–water partition coefficient (Wildman–Crippen LogP) is 2.12. The van der Waals surface area contributed by atoms with E-state index in [0.717, 1.165) is 22.5 Å². The Hall–Kier alpha value is -0.560. The third kappa shape index (κ3) is 2.52. The van der Waals surface area contributed by atoms with Gasteiger partial charge < -0.3 is 4.57 Å². The lowest BCUT2D eigenvalue weighted by atomic mass is 10.4. The van der Waals surface area contributed by atoms with E-state index < -0.39 is 0 Å². The van der Waals surface area contributed by atoms with Crippen LogP contribution in [0.2, 0.25) is 5.02 Å². The summed E-state index contributed by atoms with van der Waals surface area (Å²) < 4.78 is 4.70. The normalized spacial score (nSPS) is 10.9. The minimum atomic E-state index is 0.704. The van der Waals surface area contributed by atoms with E-state index in [1.165, 1.54) is 0 Å². The zero-order chi connectivity index (χ0) is 10.8. The molecule has 0 saturated carbocycles. The molecule has 0 spiro atoms. The van der Waals surface area contributed by atoms with Crippen LogP contribution in [-0.4, -0.2) is 19.3 Å². The van der Waals surface area contributed by atoms with Crippen molar-refractivity contribution in [2.75, 3.05) is 0 Å². The Kier molecular flexibility index (Phi) is 3.30. The van der Waals surface area contributed by atoms with Crippen molar-refractivity contribution in [1.82, 2.24) is 19.3 Å². The molecule has 0 saturated heterocycles. The maximum atomic E-state index is 5.91. The molecule has 0 amide bonds. The van der Waals surface area contributed by atoms with E-state index in [9.17, 15) is 0 Å². The van der Waals surface area contributed by atoms with Crippen LogP contribution < -0.4 is 0 Å². The predicted molar refractivity (Wildman–Crippen MR) is 66.9 cm³/mol. The minimum Gasteiger partial charge on any atom is -0.338 e. The Morgan fingerprint density at radius 1 is 1.53 bits per heavy atom. The smallest absolute Gasteiger partial charge is 0.141 e. The summed E-state index contributed by atoms with van der Waals surface area (Å²) in [4.78, 5) is 4.25. The number of hydrogen-bond acceptors (Lipinski definition) is 2. The van der Waals surface area contributed by atoms with Crippen LogP contribution in [-0.2, 0) is 20.0 Å². The molecule has 4 nitrogen and oxygen atoms in total. The lowest BCUT2D eigenvalue weighted by molar-refractivity contribution is 0.586. The first kappa shape index (κ1) is 10.9. The molecule has 2 aromatic heterocycles. The lowest BCUT2D eigenvalue weighted by Crippen LogP contribution is -2.06.